The van der Waals surface area contributed by atoms with Crippen LogP contribution in [0.5, 0.6) is 0 Å². The van der Waals surface area contributed by atoms with Crippen molar-refractivity contribution in [1.82, 2.24) is 4.90 Å². The van der Waals surface area contributed by atoms with Gasteiger partial charge in [0.05, 0.1) is 12.5 Å². The van der Waals surface area contributed by atoms with Crippen LogP contribution in [0.4, 0.5) is 0 Å². The highest BCUT2D eigenvalue weighted by atomic mass is 16.5. The lowest BCUT2D eigenvalue weighted by atomic mass is 10.1. The molecule has 0 radical (unpaired) electrons. The number of ether oxygens (including phenoxy) is 1. The van der Waals surface area contributed by atoms with Crippen LogP contribution in [-0.4, -0.2) is 37.1 Å². The molecule has 0 spiro atoms. The maximum Gasteiger partial charge on any atom is 0.224 e. The molecule has 1 fully saturated rings. The summed E-state index contributed by atoms with van der Waals surface area (Å²) in [4.78, 5) is 13.5. The van der Waals surface area contributed by atoms with Gasteiger partial charge in [0, 0.05) is 20.2 Å². The Morgan fingerprint density at radius 3 is 2.93 bits per heavy atom. The Hall–Kier alpha value is -0.570. The third-order valence-corrected chi connectivity index (χ3v) is 2.70. The number of nitrogens with zero attached hydrogens (tertiary/aromatic N) is 1. The lowest BCUT2D eigenvalue weighted by molar-refractivity contribution is -0.132. The van der Waals surface area contributed by atoms with E-state index in [1.54, 1.807) is 0 Å². The van der Waals surface area contributed by atoms with Gasteiger partial charge in [-0.3, -0.25) is 4.79 Å². The Morgan fingerprint density at radius 2 is 2.36 bits per heavy atom. The summed E-state index contributed by atoms with van der Waals surface area (Å²) in [5.74, 6) is 0.227. The van der Waals surface area contributed by atoms with Crippen molar-refractivity contribution < 1.29 is 9.53 Å². The van der Waals surface area contributed by atoms with E-state index in [1.165, 1.54) is 0 Å². The number of hydrogen-bond acceptors (Lipinski definition) is 2. The molecule has 1 aliphatic heterocycles. The standard InChI is InChI=1S/C11H21NO2/c1-3-4-7-12(2)11(13)9-10-6-5-8-14-10/h10H,3-9H2,1-2H3. The van der Waals surface area contributed by atoms with Crippen molar-refractivity contribution in [2.75, 3.05) is 20.2 Å². The fourth-order valence-electron chi connectivity index (χ4n) is 1.68. The summed E-state index contributed by atoms with van der Waals surface area (Å²) in [6, 6.07) is 0. The Kier molecular flexibility index (Phi) is 4.94. The molecule has 3 nitrogen and oxygen atoms in total. The first-order chi connectivity index (χ1) is 6.74. The van der Waals surface area contributed by atoms with Gasteiger partial charge in [0.25, 0.3) is 0 Å². The Balaban J connectivity index is 2.18. The minimum absolute atomic E-state index is 0.187. The van der Waals surface area contributed by atoms with Crippen molar-refractivity contribution in [3.05, 3.63) is 0 Å². The van der Waals surface area contributed by atoms with E-state index in [4.69, 9.17) is 4.74 Å². The lowest BCUT2D eigenvalue weighted by Crippen LogP contribution is -2.30. The molecule has 1 unspecified atom stereocenters. The fourth-order valence-corrected chi connectivity index (χ4v) is 1.68. The average molecular weight is 199 g/mol. The first kappa shape index (κ1) is 11.5. The van der Waals surface area contributed by atoms with Gasteiger partial charge in [-0.2, -0.15) is 0 Å². The molecule has 3 heteroatoms. The Bertz CT molecular complexity index is 176. The largest absolute Gasteiger partial charge is 0.378 e. The van der Waals surface area contributed by atoms with Gasteiger partial charge in [0.2, 0.25) is 5.91 Å². The van der Waals surface area contributed by atoms with Crippen LogP contribution in [0.25, 0.3) is 0 Å². The third-order valence-electron chi connectivity index (χ3n) is 2.70. The highest BCUT2D eigenvalue weighted by Crippen LogP contribution is 2.16. The molecule has 0 aromatic carbocycles. The topological polar surface area (TPSA) is 29.5 Å². The van der Waals surface area contributed by atoms with E-state index in [1.807, 2.05) is 11.9 Å². The van der Waals surface area contributed by atoms with Crippen LogP contribution in [-0.2, 0) is 9.53 Å². The van der Waals surface area contributed by atoms with Crippen molar-refractivity contribution in [2.24, 2.45) is 0 Å². The monoisotopic (exact) mass is 199 g/mol. The first-order valence-electron chi connectivity index (χ1n) is 5.59. The molecular formula is C11H21NO2. The summed E-state index contributed by atoms with van der Waals surface area (Å²) in [6.07, 6.45) is 5.14. The molecule has 1 amide bonds. The summed E-state index contributed by atoms with van der Waals surface area (Å²) in [5, 5.41) is 0. The molecule has 1 rings (SSSR count). The van der Waals surface area contributed by atoms with Crippen molar-refractivity contribution in [3.8, 4) is 0 Å². The fraction of sp³-hybridized carbons (Fsp3) is 0.909. The molecule has 0 N–H and O–H groups in total. The van der Waals surface area contributed by atoms with E-state index in [9.17, 15) is 4.79 Å². The summed E-state index contributed by atoms with van der Waals surface area (Å²) in [7, 11) is 1.88. The molecular weight excluding hydrogens is 178 g/mol. The normalized spacial score (nSPS) is 21.1. The average Bonchev–Trinajstić information content (AvgIpc) is 2.66. The van der Waals surface area contributed by atoms with Crippen LogP contribution in [0, 0.1) is 0 Å². The van der Waals surface area contributed by atoms with Gasteiger partial charge in [-0.15, -0.1) is 0 Å². The summed E-state index contributed by atoms with van der Waals surface area (Å²) >= 11 is 0. The predicted octanol–water partition coefficient (Wildman–Crippen LogP) is 1.81. The first-order valence-corrected chi connectivity index (χ1v) is 5.59. The highest BCUT2D eigenvalue weighted by Gasteiger charge is 2.20. The molecule has 1 saturated heterocycles. The van der Waals surface area contributed by atoms with Crippen LogP contribution in [0.2, 0.25) is 0 Å². The number of amides is 1. The molecule has 14 heavy (non-hydrogen) atoms. The van der Waals surface area contributed by atoms with Crippen molar-refractivity contribution in [2.45, 2.75) is 45.1 Å². The molecule has 82 valence electrons. The third kappa shape index (κ3) is 3.66. The molecule has 0 saturated carbocycles. The van der Waals surface area contributed by atoms with E-state index < -0.39 is 0 Å². The Morgan fingerprint density at radius 1 is 1.57 bits per heavy atom. The minimum Gasteiger partial charge on any atom is -0.378 e. The maximum absolute atomic E-state index is 11.7. The van der Waals surface area contributed by atoms with E-state index in [0.29, 0.717) is 6.42 Å². The maximum atomic E-state index is 11.7. The second-order valence-electron chi connectivity index (χ2n) is 4.01. The van der Waals surface area contributed by atoms with Gasteiger partial charge in [-0.25, -0.2) is 0 Å². The van der Waals surface area contributed by atoms with Crippen molar-refractivity contribution >= 4 is 5.91 Å². The van der Waals surface area contributed by atoms with Crippen LogP contribution >= 0.6 is 0 Å². The highest BCUT2D eigenvalue weighted by molar-refractivity contribution is 5.76. The van der Waals surface area contributed by atoms with Crippen molar-refractivity contribution in [3.63, 3.8) is 0 Å². The molecule has 1 atom stereocenters. The minimum atomic E-state index is 0.187. The zero-order valence-corrected chi connectivity index (χ0v) is 9.29. The molecule has 0 aliphatic carbocycles. The summed E-state index contributed by atoms with van der Waals surface area (Å²) in [6.45, 7) is 3.84. The van der Waals surface area contributed by atoms with Gasteiger partial charge in [-0.05, 0) is 19.3 Å². The number of carbonyl (C=O) groups is 1. The molecule has 1 aliphatic rings. The second kappa shape index (κ2) is 6.02. The zero-order chi connectivity index (χ0) is 10.4. The van der Waals surface area contributed by atoms with Crippen LogP contribution in [0.15, 0.2) is 0 Å². The van der Waals surface area contributed by atoms with E-state index in [2.05, 4.69) is 6.92 Å². The SMILES string of the molecule is CCCCN(C)C(=O)CC1CCCO1. The summed E-state index contributed by atoms with van der Waals surface area (Å²) in [5.41, 5.74) is 0. The number of carbonyl (C=O) groups excluding carboxylic acids is 1. The van der Waals surface area contributed by atoms with E-state index >= 15 is 0 Å². The quantitative estimate of drug-likeness (QED) is 0.676. The molecule has 0 aromatic rings. The smallest absolute Gasteiger partial charge is 0.224 e. The van der Waals surface area contributed by atoms with Crippen LogP contribution in [0.3, 0.4) is 0 Å². The van der Waals surface area contributed by atoms with Gasteiger partial charge in [-0.1, -0.05) is 13.3 Å². The second-order valence-corrected chi connectivity index (χ2v) is 4.01. The van der Waals surface area contributed by atoms with Gasteiger partial charge < -0.3 is 9.64 Å². The van der Waals surface area contributed by atoms with E-state index in [-0.39, 0.29) is 12.0 Å². The van der Waals surface area contributed by atoms with Crippen LogP contribution in [0.1, 0.15) is 39.0 Å². The predicted molar refractivity (Wildman–Crippen MR) is 56.1 cm³/mol. The number of unbranched alkanes of at least 4 members (excludes halogenated alkanes) is 1. The number of hydrogen-bond donors (Lipinski definition) is 0. The number of rotatable bonds is 5. The van der Waals surface area contributed by atoms with E-state index in [0.717, 1.165) is 38.8 Å². The van der Waals surface area contributed by atoms with Crippen LogP contribution < -0.4 is 0 Å². The van der Waals surface area contributed by atoms with Gasteiger partial charge >= 0.3 is 0 Å². The molecule has 0 bridgehead atoms. The van der Waals surface area contributed by atoms with Gasteiger partial charge in [0.1, 0.15) is 0 Å². The Labute approximate surface area is 86.4 Å². The molecule has 0 aromatic heterocycles. The summed E-state index contributed by atoms with van der Waals surface area (Å²) < 4.78 is 5.43. The van der Waals surface area contributed by atoms with Gasteiger partial charge in [0.15, 0.2) is 0 Å². The lowest BCUT2D eigenvalue weighted by Gasteiger charge is -2.18. The zero-order valence-electron chi connectivity index (χ0n) is 9.29. The van der Waals surface area contributed by atoms with Crippen molar-refractivity contribution in [1.29, 1.82) is 0 Å². The molecule has 1 heterocycles.